The van der Waals surface area contributed by atoms with Crippen LogP contribution in [0.5, 0.6) is 5.75 Å². The molecule has 7 rings (SSSR count). The van der Waals surface area contributed by atoms with Gasteiger partial charge in [-0.15, -0.1) is 0 Å². The third-order valence-corrected chi connectivity index (χ3v) is 11.6. The average Bonchev–Trinajstić information content (AvgIpc) is 3.65. The predicted octanol–water partition coefficient (Wildman–Crippen LogP) is 1.76. The number of nitrogens with one attached hydrogen (secondary N) is 1. The van der Waals surface area contributed by atoms with Crippen LogP contribution in [-0.2, 0) is 5.41 Å². The van der Waals surface area contributed by atoms with Gasteiger partial charge in [-0.3, -0.25) is 4.90 Å². The molecule has 0 bridgehead atoms. The molecule has 0 radical (unpaired) electrons. The zero-order chi connectivity index (χ0) is 39.8. The second-order valence-corrected chi connectivity index (χ2v) is 15.3. The minimum atomic E-state index is -0.429. The Labute approximate surface area is 329 Å². The number of aliphatic hydroxyl groups is 4. The number of nitrogens with zero attached hydrogens (tertiary/aromatic N) is 10. The van der Waals surface area contributed by atoms with Crippen LogP contribution >= 0.6 is 0 Å². The van der Waals surface area contributed by atoms with Crippen molar-refractivity contribution in [3.05, 3.63) is 23.8 Å². The van der Waals surface area contributed by atoms with Crippen molar-refractivity contribution < 1.29 is 30.0 Å². The molecular weight excluding hydrogens is 718 g/mol. The van der Waals surface area contributed by atoms with Gasteiger partial charge in [-0.1, -0.05) is 6.92 Å². The first-order valence-corrected chi connectivity index (χ1v) is 20.2. The smallest absolute Gasteiger partial charge is 0.410 e. The van der Waals surface area contributed by atoms with E-state index in [9.17, 15) is 25.2 Å². The Bertz CT molecular complexity index is 1690. The third-order valence-electron chi connectivity index (χ3n) is 11.6. The van der Waals surface area contributed by atoms with Gasteiger partial charge in [-0.25, -0.2) is 14.8 Å². The number of benzene rings is 1. The molecule has 0 unspecified atom stereocenters. The number of aromatic nitrogens is 4. The van der Waals surface area contributed by atoms with Crippen LogP contribution < -0.4 is 34.6 Å². The van der Waals surface area contributed by atoms with E-state index in [2.05, 4.69) is 45.9 Å². The Morgan fingerprint density at radius 2 is 1.25 bits per heavy atom. The molecule has 4 aliphatic rings. The summed E-state index contributed by atoms with van der Waals surface area (Å²) in [6.45, 7) is 7.77. The second-order valence-electron chi connectivity index (χ2n) is 15.3. The van der Waals surface area contributed by atoms with E-state index in [0.717, 1.165) is 76.5 Å². The van der Waals surface area contributed by atoms with E-state index in [1.807, 2.05) is 18.2 Å². The molecule has 3 aromatic rings. The van der Waals surface area contributed by atoms with Gasteiger partial charge >= 0.3 is 6.09 Å². The minimum Gasteiger partial charge on any atom is -0.410 e. The first-order valence-electron chi connectivity index (χ1n) is 20.2. The number of fused-ring (bicyclic) bond motifs is 4. The number of anilines is 5. The summed E-state index contributed by atoms with van der Waals surface area (Å²) in [5, 5.41) is 41.1. The number of hydrogen-bond donors (Lipinski definition) is 5. The Balaban J connectivity index is 0.000000223. The molecule has 56 heavy (non-hydrogen) atoms. The standard InChI is InChI=1S/C24H40N8O4.C15H21N3O2/c33-15-11-31(12-16-34)23-26-20-19(21(27-23)29-7-3-1-4-8-29)25-24(32(13-17-35)14-18-36)28-22(20)30-9-5-2-6-10-30;1-15-7-8-17(3)13(15)18(4)12-6-5-10(9-11(12)15)20-14(19)16-2/h33-36H,1-18H2;5-6,9,13H,7-8H2,1-4H3,(H,16,19)/t;13-,15+/m.1/s1. The zero-order valence-corrected chi connectivity index (χ0v) is 33.5. The van der Waals surface area contributed by atoms with E-state index in [0.29, 0.717) is 61.0 Å². The van der Waals surface area contributed by atoms with Crippen LogP contribution in [-0.4, -0.2) is 164 Å². The monoisotopic (exact) mass is 779 g/mol. The quantitative estimate of drug-likeness (QED) is 0.169. The van der Waals surface area contributed by atoms with Gasteiger partial charge in [0.25, 0.3) is 0 Å². The van der Waals surface area contributed by atoms with Crippen molar-refractivity contribution in [3.63, 3.8) is 0 Å². The van der Waals surface area contributed by atoms with Gasteiger partial charge in [0.15, 0.2) is 11.6 Å². The molecular formula is C39H61N11O6. The summed E-state index contributed by atoms with van der Waals surface area (Å²) < 4.78 is 5.26. The van der Waals surface area contributed by atoms with E-state index < -0.39 is 6.09 Å². The zero-order valence-electron chi connectivity index (χ0n) is 33.5. The Morgan fingerprint density at radius 3 is 1.70 bits per heavy atom. The molecule has 3 fully saturated rings. The van der Waals surface area contributed by atoms with Gasteiger partial charge in [-0.2, -0.15) is 9.97 Å². The highest BCUT2D eigenvalue weighted by Gasteiger charge is 2.52. The number of ether oxygens (including phenoxy) is 1. The number of carbonyl (C=O) groups excluding carboxylic acids is 1. The molecule has 0 aliphatic carbocycles. The van der Waals surface area contributed by atoms with Crippen LogP contribution in [0.4, 0.5) is 34.0 Å². The van der Waals surface area contributed by atoms with E-state index in [4.69, 9.17) is 24.7 Å². The van der Waals surface area contributed by atoms with Crippen LogP contribution in [0.15, 0.2) is 18.2 Å². The molecule has 17 heteroatoms. The highest BCUT2D eigenvalue weighted by molar-refractivity contribution is 5.95. The van der Waals surface area contributed by atoms with Crippen molar-refractivity contribution in [2.45, 2.75) is 63.5 Å². The van der Waals surface area contributed by atoms with Gasteiger partial charge in [-0.05, 0) is 75.8 Å². The van der Waals surface area contributed by atoms with Crippen molar-refractivity contribution in [1.82, 2.24) is 30.2 Å². The molecule has 6 heterocycles. The fourth-order valence-electron chi connectivity index (χ4n) is 8.78. The van der Waals surface area contributed by atoms with Crippen molar-refractivity contribution in [3.8, 4) is 5.75 Å². The maximum atomic E-state index is 11.4. The van der Waals surface area contributed by atoms with Crippen LogP contribution in [0.25, 0.3) is 11.0 Å². The van der Waals surface area contributed by atoms with E-state index >= 15 is 0 Å². The van der Waals surface area contributed by atoms with Crippen molar-refractivity contribution in [2.24, 2.45) is 0 Å². The number of carbonyl (C=O) groups is 1. The molecule has 1 aromatic carbocycles. The van der Waals surface area contributed by atoms with Gasteiger partial charge < -0.3 is 55.0 Å². The molecule has 308 valence electrons. The highest BCUT2D eigenvalue weighted by atomic mass is 16.6. The van der Waals surface area contributed by atoms with E-state index in [-0.39, 0.29) is 31.8 Å². The maximum Gasteiger partial charge on any atom is 0.412 e. The SMILES string of the molecule is CNC(=O)Oc1ccc2c(c1)[C@]1(C)CCN(C)[C@@H]1N2C.OCCN(CCO)c1nc(N2CCCCC2)c2nc(N(CCO)CCO)nc(N3CCCCC3)c2n1. The van der Waals surface area contributed by atoms with Gasteiger partial charge in [0, 0.05) is 84.1 Å². The number of rotatable bonds is 13. The molecule has 3 saturated heterocycles. The Morgan fingerprint density at radius 1 is 0.768 bits per heavy atom. The number of hydrogen-bond acceptors (Lipinski definition) is 16. The summed E-state index contributed by atoms with van der Waals surface area (Å²) in [4.78, 5) is 43.8. The van der Waals surface area contributed by atoms with E-state index in [1.54, 1.807) is 16.8 Å². The lowest BCUT2D eigenvalue weighted by atomic mass is 9.81. The first kappa shape index (κ1) is 41.3. The molecule has 17 nitrogen and oxygen atoms in total. The number of piperidine rings is 2. The highest BCUT2D eigenvalue weighted by Crippen LogP contribution is 2.51. The first-order chi connectivity index (χ1) is 27.2. The van der Waals surface area contributed by atoms with Crippen molar-refractivity contribution in [2.75, 3.05) is 131 Å². The summed E-state index contributed by atoms with van der Waals surface area (Å²) in [6.07, 6.45) is 7.68. The number of aliphatic hydroxyl groups excluding tert-OH is 4. The molecule has 0 spiro atoms. The lowest BCUT2D eigenvalue weighted by Crippen LogP contribution is -2.45. The number of amides is 1. The summed E-state index contributed by atoms with van der Waals surface area (Å²) in [5.41, 5.74) is 3.91. The van der Waals surface area contributed by atoms with Crippen molar-refractivity contribution >= 4 is 46.3 Å². The predicted molar refractivity (Wildman–Crippen MR) is 218 cm³/mol. The van der Waals surface area contributed by atoms with Crippen LogP contribution in [0, 0.1) is 0 Å². The Kier molecular flexibility index (Phi) is 13.9. The van der Waals surface area contributed by atoms with Crippen LogP contribution in [0.1, 0.15) is 57.4 Å². The summed E-state index contributed by atoms with van der Waals surface area (Å²) in [5.74, 6) is 2.95. The second kappa shape index (κ2) is 18.8. The van der Waals surface area contributed by atoms with Crippen LogP contribution in [0.3, 0.4) is 0 Å². The average molecular weight is 780 g/mol. The normalized spacial score (nSPS) is 20.7. The molecule has 0 saturated carbocycles. The maximum absolute atomic E-state index is 11.4. The number of likely N-dealkylation sites (tertiary alicyclic amines) is 1. The lowest BCUT2D eigenvalue weighted by molar-refractivity contribution is 0.203. The lowest BCUT2D eigenvalue weighted by Gasteiger charge is -2.33. The third kappa shape index (κ3) is 8.66. The fourth-order valence-corrected chi connectivity index (χ4v) is 8.78. The summed E-state index contributed by atoms with van der Waals surface area (Å²) in [7, 11) is 5.86. The summed E-state index contributed by atoms with van der Waals surface area (Å²) in [6, 6.07) is 5.92. The van der Waals surface area contributed by atoms with Gasteiger partial charge in [0.2, 0.25) is 11.9 Å². The molecule has 2 aromatic heterocycles. The minimum absolute atomic E-state index is 0.0772. The van der Waals surface area contributed by atoms with E-state index in [1.165, 1.54) is 24.1 Å². The molecule has 4 aliphatic heterocycles. The number of likely N-dealkylation sites (N-methyl/N-ethyl adjacent to an activating group) is 2. The molecule has 1 amide bonds. The van der Waals surface area contributed by atoms with Gasteiger partial charge in [0.1, 0.15) is 16.8 Å². The fraction of sp³-hybridized carbons (Fsp3) is 0.667. The summed E-state index contributed by atoms with van der Waals surface area (Å²) >= 11 is 0. The topological polar surface area (TPSA) is 190 Å². The van der Waals surface area contributed by atoms with Crippen molar-refractivity contribution in [1.29, 1.82) is 0 Å². The largest absolute Gasteiger partial charge is 0.412 e. The van der Waals surface area contributed by atoms with Gasteiger partial charge in [0.05, 0.1) is 32.6 Å². The molecule has 5 N–H and O–H groups in total. The molecule has 2 atom stereocenters. The van der Waals surface area contributed by atoms with Crippen LogP contribution in [0.2, 0.25) is 0 Å². The Hall–Kier alpha value is -4.29.